The van der Waals surface area contributed by atoms with Crippen LogP contribution in [0.3, 0.4) is 0 Å². The van der Waals surface area contributed by atoms with Gasteiger partial charge in [-0.05, 0) is 30.2 Å². The minimum atomic E-state index is 0.212. The van der Waals surface area contributed by atoms with Crippen LogP contribution in [-0.4, -0.2) is 57.9 Å². The van der Waals surface area contributed by atoms with Crippen molar-refractivity contribution in [2.75, 3.05) is 47.1 Å². The van der Waals surface area contributed by atoms with E-state index in [1.165, 1.54) is 11.1 Å². The molecule has 1 aliphatic heterocycles. The third-order valence-corrected chi connectivity index (χ3v) is 5.31. The van der Waals surface area contributed by atoms with Gasteiger partial charge in [-0.15, -0.1) is 0 Å². The maximum absolute atomic E-state index is 6.17. The number of rotatable bonds is 8. The minimum Gasteiger partial charge on any atom is -0.493 e. The number of hydrogen-bond acceptors (Lipinski definition) is 5. The molecule has 0 spiro atoms. The van der Waals surface area contributed by atoms with Crippen molar-refractivity contribution in [2.24, 2.45) is 10.7 Å². The molecule has 2 aromatic rings. The highest BCUT2D eigenvalue weighted by molar-refractivity contribution is 5.77. The Morgan fingerprint density at radius 3 is 2.47 bits per heavy atom. The van der Waals surface area contributed by atoms with Gasteiger partial charge in [-0.3, -0.25) is 4.90 Å². The lowest BCUT2D eigenvalue weighted by Crippen LogP contribution is -2.45. The van der Waals surface area contributed by atoms with Gasteiger partial charge in [0.2, 0.25) is 0 Å². The van der Waals surface area contributed by atoms with Crippen molar-refractivity contribution in [3.8, 4) is 11.5 Å². The molecule has 7 heteroatoms. The van der Waals surface area contributed by atoms with Crippen molar-refractivity contribution >= 4 is 5.96 Å². The number of nitrogens with two attached hydrogens (primary N) is 1. The number of aryl methyl sites for hydroxylation is 1. The summed E-state index contributed by atoms with van der Waals surface area (Å²) in [5.74, 6) is 1.81. The lowest BCUT2D eigenvalue weighted by molar-refractivity contribution is 0.0170. The molecule has 1 saturated heterocycles. The minimum absolute atomic E-state index is 0.212. The Morgan fingerprint density at radius 2 is 1.80 bits per heavy atom. The number of nitrogens with one attached hydrogen (secondary N) is 1. The standard InChI is InChI=1S/C23H32N4O3/c1-17-4-7-19(8-5-17)20(27-10-12-30-13-11-27)16-26-23(24)25-15-18-6-9-21(28-2)22(14-18)29-3/h4-9,14,20H,10-13,15-16H2,1-3H3,(H3,24,25,26). The van der Waals surface area contributed by atoms with Crippen molar-refractivity contribution < 1.29 is 14.2 Å². The second kappa shape index (κ2) is 10.8. The second-order valence-corrected chi connectivity index (χ2v) is 7.35. The van der Waals surface area contributed by atoms with Gasteiger partial charge in [0.25, 0.3) is 0 Å². The van der Waals surface area contributed by atoms with Gasteiger partial charge in [-0.1, -0.05) is 35.9 Å². The zero-order valence-electron chi connectivity index (χ0n) is 18.1. The van der Waals surface area contributed by atoms with E-state index in [0.717, 1.165) is 31.9 Å². The SMILES string of the molecule is COc1ccc(CN=C(N)NCC(c2ccc(C)cc2)N2CCOCC2)cc1OC. The van der Waals surface area contributed by atoms with Crippen LogP contribution in [0.4, 0.5) is 0 Å². The van der Waals surface area contributed by atoms with Gasteiger partial charge in [-0.2, -0.15) is 0 Å². The number of methoxy groups -OCH3 is 2. The highest BCUT2D eigenvalue weighted by Crippen LogP contribution is 2.27. The average molecular weight is 413 g/mol. The Hall–Kier alpha value is -2.77. The molecule has 1 heterocycles. The molecule has 162 valence electrons. The second-order valence-electron chi connectivity index (χ2n) is 7.35. The maximum atomic E-state index is 6.17. The van der Waals surface area contributed by atoms with Gasteiger partial charge in [0.1, 0.15) is 0 Å². The number of morpholine rings is 1. The molecule has 0 radical (unpaired) electrons. The smallest absolute Gasteiger partial charge is 0.188 e. The molecule has 0 aliphatic carbocycles. The van der Waals surface area contributed by atoms with E-state index < -0.39 is 0 Å². The summed E-state index contributed by atoms with van der Waals surface area (Å²) in [4.78, 5) is 6.93. The van der Waals surface area contributed by atoms with Crippen LogP contribution >= 0.6 is 0 Å². The van der Waals surface area contributed by atoms with Crippen LogP contribution in [0.25, 0.3) is 0 Å². The highest BCUT2D eigenvalue weighted by Gasteiger charge is 2.22. The van der Waals surface area contributed by atoms with Gasteiger partial charge in [0, 0.05) is 19.6 Å². The van der Waals surface area contributed by atoms with E-state index in [0.29, 0.717) is 30.5 Å². The lowest BCUT2D eigenvalue weighted by Gasteiger charge is -2.35. The zero-order valence-corrected chi connectivity index (χ0v) is 18.1. The zero-order chi connectivity index (χ0) is 21.3. The third-order valence-electron chi connectivity index (χ3n) is 5.31. The van der Waals surface area contributed by atoms with E-state index in [1.807, 2.05) is 18.2 Å². The van der Waals surface area contributed by atoms with Crippen molar-refractivity contribution in [3.05, 3.63) is 59.2 Å². The molecule has 0 bridgehead atoms. The largest absolute Gasteiger partial charge is 0.493 e. The van der Waals surface area contributed by atoms with Crippen LogP contribution in [-0.2, 0) is 11.3 Å². The Bertz CT molecular complexity index is 833. The molecular weight excluding hydrogens is 380 g/mol. The number of guanidine groups is 1. The summed E-state index contributed by atoms with van der Waals surface area (Å²) >= 11 is 0. The predicted octanol–water partition coefficient (Wildman–Crippen LogP) is 2.49. The van der Waals surface area contributed by atoms with Crippen LogP contribution in [0.5, 0.6) is 11.5 Å². The normalized spacial score (nSPS) is 16.2. The molecule has 7 nitrogen and oxygen atoms in total. The first-order valence-corrected chi connectivity index (χ1v) is 10.2. The lowest BCUT2D eigenvalue weighted by atomic mass is 10.0. The Labute approximate surface area is 178 Å². The van der Waals surface area contributed by atoms with Crippen molar-refractivity contribution in [3.63, 3.8) is 0 Å². The van der Waals surface area contributed by atoms with Gasteiger partial charge in [0.05, 0.1) is 40.0 Å². The molecule has 1 unspecified atom stereocenters. The van der Waals surface area contributed by atoms with E-state index in [2.05, 4.69) is 46.4 Å². The van der Waals surface area contributed by atoms with E-state index in [4.69, 9.17) is 19.9 Å². The summed E-state index contributed by atoms with van der Waals surface area (Å²) in [6.07, 6.45) is 0. The first-order valence-electron chi connectivity index (χ1n) is 10.2. The quantitative estimate of drug-likeness (QED) is 0.512. The van der Waals surface area contributed by atoms with E-state index >= 15 is 0 Å². The first kappa shape index (κ1) is 21.9. The molecule has 3 rings (SSSR count). The third kappa shape index (κ3) is 5.87. The molecule has 0 saturated carbocycles. The molecule has 0 amide bonds. The van der Waals surface area contributed by atoms with Crippen LogP contribution in [0.2, 0.25) is 0 Å². The molecule has 1 fully saturated rings. The number of aliphatic imine (C=N–C) groups is 1. The molecule has 30 heavy (non-hydrogen) atoms. The highest BCUT2D eigenvalue weighted by atomic mass is 16.5. The van der Waals surface area contributed by atoms with Crippen molar-refractivity contribution in [1.82, 2.24) is 10.2 Å². The molecule has 1 aliphatic rings. The predicted molar refractivity (Wildman–Crippen MR) is 119 cm³/mol. The van der Waals surface area contributed by atoms with Gasteiger partial charge in [0.15, 0.2) is 17.5 Å². The summed E-state index contributed by atoms with van der Waals surface area (Å²) in [5, 5.41) is 3.30. The molecule has 1 atom stereocenters. The Morgan fingerprint density at radius 1 is 1.10 bits per heavy atom. The van der Waals surface area contributed by atoms with Crippen LogP contribution < -0.4 is 20.5 Å². The van der Waals surface area contributed by atoms with E-state index in [9.17, 15) is 0 Å². The monoisotopic (exact) mass is 412 g/mol. The van der Waals surface area contributed by atoms with Gasteiger partial charge >= 0.3 is 0 Å². The molecule has 0 aromatic heterocycles. The fraction of sp³-hybridized carbons (Fsp3) is 0.435. The Balaban J connectivity index is 1.64. The summed E-state index contributed by atoms with van der Waals surface area (Å²) in [6, 6.07) is 14.6. The fourth-order valence-corrected chi connectivity index (χ4v) is 3.55. The van der Waals surface area contributed by atoms with Crippen LogP contribution in [0, 0.1) is 6.92 Å². The van der Waals surface area contributed by atoms with Gasteiger partial charge in [-0.25, -0.2) is 4.99 Å². The van der Waals surface area contributed by atoms with Gasteiger partial charge < -0.3 is 25.3 Å². The average Bonchev–Trinajstić information content (AvgIpc) is 2.79. The maximum Gasteiger partial charge on any atom is 0.188 e. The summed E-state index contributed by atoms with van der Waals surface area (Å²) < 4.78 is 16.2. The van der Waals surface area contributed by atoms with Crippen LogP contribution in [0.15, 0.2) is 47.5 Å². The van der Waals surface area contributed by atoms with E-state index in [-0.39, 0.29) is 6.04 Å². The van der Waals surface area contributed by atoms with Crippen molar-refractivity contribution in [1.29, 1.82) is 0 Å². The molecular formula is C23H32N4O3. The first-order chi connectivity index (χ1) is 14.6. The number of hydrogen-bond donors (Lipinski definition) is 2. The summed E-state index contributed by atoms with van der Waals surface area (Å²) in [5.41, 5.74) is 9.69. The number of nitrogens with zero attached hydrogens (tertiary/aromatic N) is 2. The van der Waals surface area contributed by atoms with Crippen LogP contribution in [0.1, 0.15) is 22.7 Å². The van der Waals surface area contributed by atoms with Crippen molar-refractivity contribution in [2.45, 2.75) is 19.5 Å². The fourth-order valence-electron chi connectivity index (χ4n) is 3.55. The number of benzene rings is 2. The topological polar surface area (TPSA) is 81.3 Å². The number of ether oxygens (including phenoxy) is 3. The Kier molecular flexibility index (Phi) is 7.93. The molecule has 2 aromatic carbocycles. The summed E-state index contributed by atoms with van der Waals surface area (Å²) in [6.45, 7) is 6.57. The van der Waals surface area contributed by atoms with E-state index in [1.54, 1.807) is 14.2 Å². The molecule has 3 N–H and O–H groups in total. The summed E-state index contributed by atoms with van der Waals surface area (Å²) in [7, 11) is 3.24.